The quantitative estimate of drug-likeness (QED) is 0.715. The molecule has 0 aliphatic heterocycles. The van der Waals surface area contributed by atoms with Gasteiger partial charge in [-0.2, -0.15) is 0 Å². The number of ether oxygens (including phenoxy) is 1. The second kappa shape index (κ2) is 4.23. The van der Waals surface area contributed by atoms with Crippen LogP contribution in [0.5, 0.6) is 0 Å². The fourth-order valence-electron chi connectivity index (χ4n) is 5.22. The Hall–Kier alpha value is -0.530. The van der Waals surface area contributed by atoms with Gasteiger partial charge in [-0.15, -0.1) is 0 Å². The Balaban J connectivity index is 1.80. The van der Waals surface area contributed by atoms with E-state index in [1.807, 2.05) is 13.8 Å². The van der Waals surface area contributed by atoms with Crippen molar-refractivity contribution in [3.63, 3.8) is 0 Å². The number of carbonyl (C=O) groups excluding carboxylic acids is 1. The molecule has 0 saturated heterocycles. The van der Waals surface area contributed by atoms with E-state index < -0.39 is 0 Å². The molecule has 3 fully saturated rings. The summed E-state index contributed by atoms with van der Waals surface area (Å²) < 4.78 is 5.93. The van der Waals surface area contributed by atoms with Crippen molar-refractivity contribution < 1.29 is 9.53 Å². The van der Waals surface area contributed by atoms with Gasteiger partial charge in [-0.3, -0.25) is 4.79 Å². The smallest absolute Gasteiger partial charge is 0.308 e. The predicted molar refractivity (Wildman–Crippen MR) is 75.6 cm³/mol. The van der Waals surface area contributed by atoms with Crippen molar-refractivity contribution in [2.24, 2.45) is 29.1 Å². The summed E-state index contributed by atoms with van der Waals surface area (Å²) >= 11 is 0. The molecule has 2 heteroatoms. The van der Waals surface area contributed by atoms with Crippen LogP contribution in [-0.4, -0.2) is 11.6 Å². The summed E-state index contributed by atoms with van der Waals surface area (Å²) in [5, 5.41) is 0. The Morgan fingerprint density at radius 1 is 1.16 bits per heavy atom. The highest BCUT2D eigenvalue weighted by Crippen LogP contribution is 2.68. The Bertz CT molecular complexity index is 363. The molecule has 3 aliphatic carbocycles. The van der Waals surface area contributed by atoms with Crippen molar-refractivity contribution in [3.05, 3.63) is 0 Å². The minimum Gasteiger partial charge on any atom is -0.459 e. The second-order valence-corrected chi connectivity index (χ2v) is 8.09. The van der Waals surface area contributed by atoms with Gasteiger partial charge < -0.3 is 4.74 Å². The zero-order valence-electron chi connectivity index (χ0n) is 12.9. The van der Waals surface area contributed by atoms with E-state index in [2.05, 4.69) is 13.8 Å². The van der Waals surface area contributed by atoms with Crippen molar-refractivity contribution in [1.82, 2.24) is 0 Å². The highest BCUT2D eigenvalue weighted by molar-refractivity contribution is 5.72. The van der Waals surface area contributed by atoms with Gasteiger partial charge in [0.25, 0.3) is 0 Å². The van der Waals surface area contributed by atoms with Crippen LogP contribution in [0.15, 0.2) is 0 Å². The first-order valence-corrected chi connectivity index (χ1v) is 8.07. The second-order valence-electron chi connectivity index (χ2n) is 8.09. The Labute approximate surface area is 117 Å². The standard InChI is InChI=1S/C17H28O2/c1-11(2)15(18)19-16(3,4)17-8-12-6-5-7-13(9-17)14(12)10-17/h11-14H,5-10H2,1-4H3. The summed E-state index contributed by atoms with van der Waals surface area (Å²) in [7, 11) is 0. The van der Waals surface area contributed by atoms with E-state index in [1.54, 1.807) is 0 Å². The number of hydrogen-bond acceptors (Lipinski definition) is 2. The predicted octanol–water partition coefficient (Wildman–Crippen LogP) is 4.18. The molecule has 108 valence electrons. The minimum atomic E-state index is -0.284. The zero-order valence-corrected chi connectivity index (χ0v) is 12.9. The van der Waals surface area contributed by atoms with Crippen molar-refractivity contribution >= 4 is 5.97 Å². The van der Waals surface area contributed by atoms with Gasteiger partial charge in [-0.05, 0) is 50.9 Å². The third-order valence-electron chi connectivity index (χ3n) is 6.40. The molecular weight excluding hydrogens is 236 g/mol. The monoisotopic (exact) mass is 264 g/mol. The van der Waals surface area contributed by atoms with Crippen LogP contribution in [0.4, 0.5) is 0 Å². The first-order chi connectivity index (χ1) is 8.85. The van der Waals surface area contributed by atoms with Crippen LogP contribution >= 0.6 is 0 Å². The van der Waals surface area contributed by atoms with Crippen molar-refractivity contribution in [3.8, 4) is 0 Å². The molecule has 3 aliphatic rings. The van der Waals surface area contributed by atoms with E-state index in [0.717, 1.165) is 17.8 Å². The van der Waals surface area contributed by atoms with Gasteiger partial charge in [0, 0.05) is 5.41 Å². The van der Waals surface area contributed by atoms with E-state index >= 15 is 0 Å². The van der Waals surface area contributed by atoms with E-state index in [-0.39, 0.29) is 22.9 Å². The highest BCUT2D eigenvalue weighted by atomic mass is 16.6. The van der Waals surface area contributed by atoms with Crippen LogP contribution in [0.2, 0.25) is 0 Å². The van der Waals surface area contributed by atoms with E-state index in [0.29, 0.717) is 0 Å². The van der Waals surface area contributed by atoms with Gasteiger partial charge in [-0.25, -0.2) is 0 Å². The average molecular weight is 264 g/mol. The molecule has 3 rings (SSSR count). The molecule has 2 atom stereocenters. The summed E-state index contributed by atoms with van der Waals surface area (Å²) in [6.07, 6.45) is 8.15. The molecule has 0 aromatic carbocycles. The number of esters is 1. The summed E-state index contributed by atoms with van der Waals surface area (Å²) in [5.74, 6) is 2.73. The molecule has 2 unspecified atom stereocenters. The van der Waals surface area contributed by atoms with Gasteiger partial charge in [0.1, 0.15) is 5.60 Å². The summed E-state index contributed by atoms with van der Waals surface area (Å²) in [4.78, 5) is 12.0. The van der Waals surface area contributed by atoms with Crippen molar-refractivity contribution in [1.29, 1.82) is 0 Å². The average Bonchev–Trinajstić information content (AvgIpc) is 2.84. The first kappa shape index (κ1) is 13.5. The van der Waals surface area contributed by atoms with E-state index in [4.69, 9.17) is 4.74 Å². The van der Waals surface area contributed by atoms with Gasteiger partial charge in [-0.1, -0.05) is 33.1 Å². The third kappa shape index (κ3) is 1.94. The Morgan fingerprint density at radius 2 is 1.74 bits per heavy atom. The Morgan fingerprint density at radius 3 is 2.21 bits per heavy atom. The zero-order chi connectivity index (χ0) is 13.8. The molecule has 0 heterocycles. The fraction of sp³-hybridized carbons (Fsp3) is 0.941. The molecule has 2 bridgehead atoms. The summed E-state index contributed by atoms with van der Waals surface area (Å²) in [5.41, 5.74) is -0.00852. The number of hydrogen-bond donors (Lipinski definition) is 0. The van der Waals surface area contributed by atoms with Crippen LogP contribution in [0.3, 0.4) is 0 Å². The molecule has 2 nitrogen and oxygen atoms in total. The van der Waals surface area contributed by atoms with Crippen molar-refractivity contribution in [2.45, 2.75) is 71.8 Å². The SMILES string of the molecule is CC(C)C(=O)OC(C)(C)C12CC3CCCC(C1)C3C2. The van der Waals surface area contributed by atoms with Crippen LogP contribution in [-0.2, 0) is 9.53 Å². The first-order valence-electron chi connectivity index (χ1n) is 8.07. The van der Waals surface area contributed by atoms with Crippen LogP contribution in [0.25, 0.3) is 0 Å². The molecule has 0 radical (unpaired) electrons. The van der Waals surface area contributed by atoms with Crippen LogP contribution in [0, 0.1) is 29.1 Å². The molecular formula is C17H28O2. The molecule has 19 heavy (non-hydrogen) atoms. The third-order valence-corrected chi connectivity index (χ3v) is 6.40. The molecule has 0 spiro atoms. The fourth-order valence-corrected chi connectivity index (χ4v) is 5.22. The van der Waals surface area contributed by atoms with Gasteiger partial charge in [0.2, 0.25) is 0 Å². The summed E-state index contributed by atoms with van der Waals surface area (Å²) in [6.45, 7) is 8.18. The lowest BCUT2D eigenvalue weighted by Gasteiger charge is -2.46. The number of carbonyl (C=O) groups is 1. The molecule has 0 aromatic rings. The topological polar surface area (TPSA) is 26.3 Å². The number of fused-ring (bicyclic) bond motifs is 1. The van der Waals surface area contributed by atoms with Gasteiger partial charge in [0.15, 0.2) is 0 Å². The van der Waals surface area contributed by atoms with Crippen LogP contribution < -0.4 is 0 Å². The highest BCUT2D eigenvalue weighted by Gasteiger charge is 2.63. The van der Waals surface area contributed by atoms with Gasteiger partial charge in [0.05, 0.1) is 5.92 Å². The van der Waals surface area contributed by atoms with Crippen LogP contribution in [0.1, 0.15) is 66.2 Å². The maximum absolute atomic E-state index is 12.0. The lowest BCUT2D eigenvalue weighted by Crippen LogP contribution is -2.47. The normalized spacial score (nSPS) is 40.8. The van der Waals surface area contributed by atoms with E-state index in [9.17, 15) is 4.79 Å². The maximum atomic E-state index is 12.0. The lowest BCUT2D eigenvalue weighted by molar-refractivity contribution is -0.176. The Kier molecular flexibility index (Phi) is 3.00. The largest absolute Gasteiger partial charge is 0.459 e. The number of rotatable bonds is 3. The van der Waals surface area contributed by atoms with E-state index in [1.165, 1.54) is 38.5 Å². The molecule has 0 N–H and O–H groups in total. The minimum absolute atomic E-state index is 0.0197. The maximum Gasteiger partial charge on any atom is 0.308 e. The van der Waals surface area contributed by atoms with Crippen molar-refractivity contribution in [2.75, 3.05) is 0 Å². The molecule has 3 saturated carbocycles. The molecule has 0 aromatic heterocycles. The van der Waals surface area contributed by atoms with Gasteiger partial charge >= 0.3 is 5.97 Å². The summed E-state index contributed by atoms with van der Waals surface area (Å²) in [6, 6.07) is 0. The lowest BCUT2D eigenvalue weighted by atomic mass is 9.63. The molecule has 0 amide bonds.